The third-order valence-corrected chi connectivity index (χ3v) is 6.60. The number of aromatic nitrogens is 1. The van der Waals surface area contributed by atoms with E-state index in [1.807, 2.05) is 23.1 Å². The number of halogens is 1. The van der Waals surface area contributed by atoms with Gasteiger partial charge in [-0.3, -0.25) is 9.78 Å². The number of thiocarbonyl (C=S) groups is 1. The monoisotopic (exact) mass is 530 g/mol. The molecule has 5 rings (SSSR count). The van der Waals surface area contributed by atoms with Crippen LogP contribution in [0, 0.1) is 5.82 Å². The quantitative estimate of drug-likeness (QED) is 0.268. The van der Waals surface area contributed by atoms with Crippen LogP contribution in [0.2, 0.25) is 0 Å². The van der Waals surface area contributed by atoms with E-state index >= 15 is 0 Å². The second-order valence-corrected chi connectivity index (χ2v) is 9.06. The zero-order valence-electron chi connectivity index (χ0n) is 20.0. The fourth-order valence-electron chi connectivity index (χ4n) is 4.47. The predicted octanol–water partition coefficient (Wildman–Crippen LogP) is 5.18. The van der Waals surface area contributed by atoms with Gasteiger partial charge in [-0.2, -0.15) is 0 Å². The molecule has 0 unspecified atom stereocenters. The standard InChI is InChI=1S/C28H23FN4O4S/c29-17-8-10-18(11-9-17)31-24(34)14-16-33-26(25(32-28(33)38)21-7-3-4-15-30-21)23-13-12-22(37-23)19-5-1-2-6-20(19)27(35)36/h1-13,15,25-26H,14,16H2,(H,31,34)(H,32,38)(H,35,36)/t25-,26-/m0/s1. The molecule has 0 saturated carbocycles. The van der Waals surface area contributed by atoms with Gasteiger partial charge in [0.05, 0.1) is 17.3 Å². The number of nitrogens with one attached hydrogen (secondary N) is 2. The molecule has 3 heterocycles. The Morgan fingerprint density at radius 2 is 1.82 bits per heavy atom. The van der Waals surface area contributed by atoms with Crippen LogP contribution in [0.3, 0.4) is 0 Å². The van der Waals surface area contributed by atoms with Crippen molar-refractivity contribution < 1.29 is 23.5 Å². The summed E-state index contributed by atoms with van der Waals surface area (Å²) in [4.78, 5) is 30.8. The summed E-state index contributed by atoms with van der Waals surface area (Å²) in [6, 6.07) is 20.4. The molecular formula is C28H23FN4O4S. The molecule has 192 valence electrons. The van der Waals surface area contributed by atoms with Crippen molar-refractivity contribution in [2.24, 2.45) is 0 Å². The number of anilines is 1. The van der Waals surface area contributed by atoms with Crippen LogP contribution >= 0.6 is 12.2 Å². The number of hydrogen-bond acceptors (Lipinski definition) is 5. The number of aromatic carboxylic acids is 1. The van der Waals surface area contributed by atoms with Crippen molar-refractivity contribution in [3.63, 3.8) is 0 Å². The van der Waals surface area contributed by atoms with Gasteiger partial charge in [0.25, 0.3) is 0 Å². The molecule has 1 aliphatic heterocycles. The topological polar surface area (TPSA) is 108 Å². The van der Waals surface area contributed by atoms with E-state index in [2.05, 4.69) is 15.6 Å². The Morgan fingerprint density at radius 3 is 2.55 bits per heavy atom. The Labute approximate surface area is 223 Å². The molecular weight excluding hydrogens is 507 g/mol. The number of carbonyl (C=O) groups excluding carboxylic acids is 1. The van der Waals surface area contributed by atoms with Crippen molar-refractivity contribution in [1.82, 2.24) is 15.2 Å². The largest absolute Gasteiger partial charge is 0.478 e. The summed E-state index contributed by atoms with van der Waals surface area (Å²) in [5, 5.41) is 16.1. The summed E-state index contributed by atoms with van der Waals surface area (Å²) in [5.41, 5.74) is 1.82. The highest BCUT2D eigenvalue weighted by molar-refractivity contribution is 7.80. The molecule has 3 N–H and O–H groups in total. The lowest BCUT2D eigenvalue weighted by Gasteiger charge is -2.25. The van der Waals surface area contributed by atoms with Crippen molar-refractivity contribution in [3.8, 4) is 11.3 Å². The van der Waals surface area contributed by atoms with Gasteiger partial charge in [-0.05, 0) is 66.8 Å². The van der Waals surface area contributed by atoms with Gasteiger partial charge < -0.3 is 25.1 Å². The van der Waals surface area contributed by atoms with E-state index in [-0.39, 0.29) is 36.3 Å². The number of rotatable bonds is 8. The lowest BCUT2D eigenvalue weighted by molar-refractivity contribution is -0.116. The van der Waals surface area contributed by atoms with Crippen LogP contribution in [-0.4, -0.2) is 38.5 Å². The maximum absolute atomic E-state index is 13.2. The fraction of sp³-hybridized carbons (Fsp3) is 0.143. The summed E-state index contributed by atoms with van der Waals surface area (Å²) in [5.74, 6) is -0.743. The zero-order valence-corrected chi connectivity index (χ0v) is 20.8. The van der Waals surface area contributed by atoms with Crippen LogP contribution in [0.1, 0.15) is 40.3 Å². The van der Waals surface area contributed by atoms with Crippen LogP contribution < -0.4 is 10.6 Å². The van der Waals surface area contributed by atoms with Gasteiger partial charge in [0.2, 0.25) is 5.91 Å². The number of furan rings is 1. The maximum Gasteiger partial charge on any atom is 0.336 e. The molecule has 0 aliphatic carbocycles. The molecule has 0 radical (unpaired) electrons. The van der Waals surface area contributed by atoms with E-state index in [9.17, 15) is 19.1 Å². The number of nitrogens with zero attached hydrogens (tertiary/aromatic N) is 2. The van der Waals surface area contributed by atoms with Crippen LogP contribution in [0.4, 0.5) is 10.1 Å². The highest BCUT2D eigenvalue weighted by Crippen LogP contribution is 2.40. The number of carboxylic acids is 1. The molecule has 10 heteroatoms. The molecule has 1 saturated heterocycles. The van der Waals surface area contributed by atoms with Gasteiger partial charge >= 0.3 is 5.97 Å². The minimum Gasteiger partial charge on any atom is -0.478 e. The summed E-state index contributed by atoms with van der Waals surface area (Å²) in [7, 11) is 0. The first-order valence-electron chi connectivity index (χ1n) is 11.9. The van der Waals surface area contributed by atoms with Gasteiger partial charge in [-0.25, -0.2) is 9.18 Å². The molecule has 2 atom stereocenters. The first kappa shape index (κ1) is 25.1. The Kier molecular flexibility index (Phi) is 7.14. The average molecular weight is 531 g/mol. The first-order valence-corrected chi connectivity index (χ1v) is 12.3. The lowest BCUT2D eigenvalue weighted by atomic mass is 10.0. The Balaban J connectivity index is 1.42. The maximum atomic E-state index is 13.2. The molecule has 8 nitrogen and oxygen atoms in total. The number of amides is 1. The third-order valence-electron chi connectivity index (χ3n) is 6.25. The van der Waals surface area contributed by atoms with Gasteiger partial charge in [0.15, 0.2) is 5.11 Å². The summed E-state index contributed by atoms with van der Waals surface area (Å²) in [6.45, 7) is 0.272. The number of hydrogen-bond donors (Lipinski definition) is 3. The van der Waals surface area contributed by atoms with Crippen LogP contribution in [0.25, 0.3) is 11.3 Å². The smallest absolute Gasteiger partial charge is 0.336 e. The van der Waals surface area contributed by atoms with Crippen LogP contribution in [-0.2, 0) is 4.79 Å². The van der Waals surface area contributed by atoms with E-state index in [0.717, 1.165) is 5.69 Å². The molecule has 2 aromatic heterocycles. The van der Waals surface area contributed by atoms with Crippen molar-refractivity contribution in [3.05, 3.63) is 108 Å². The lowest BCUT2D eigenvalue weighted by Crippen LogP contribution is -2.32. The van der Waals surface area contributed by atoms with Crippen LogP contribution in [0.15, 0.2) is 89.5 Å². The molecule has 0 spiro atoms. The summed E-state index contributed by atoms with van der Waals surface area (Å²) in [6.07, 6.45) is 1.80. The molecule has 38 heavy (non-hydrogen) atoms. The van der Waals surface area contributed by atoms with Crippen molar-refractivity contribution in [1.29, 1.82) is 0 Å². The molecule has 1 aliphatic rings. The molecule has 0 bridgehead atoms. The summed E-state index contributed by atoms with van der Waals surface area (Å²) >= 11 is 5.64. The normalized spacial score (nSPS) is 16.8. The number of benzene rings is 2. The average Bonchev–Trinajstić information content (AvgIpc) is 3.53. The molecule has 2 aromatic carbocycles. The second kappa shape index (κ2) is 10.8. The second-order valence-electron chi connectivity index (χ2n) is 8.68. The minimum atomic E-state index is -1.05. The van der Waals surface area contributed by atoms with E-state index in [1.54, 1.807) is 36.5 Å². The predicted molar refractivity (Wildman–Crippen MR) is 143 cm³/mol. The van der Waals surface area contributed by atoms with Gasteiger partial charge in [-0.1, -0.05) is 24.3 Å². The Hall–Kier alpha value is -4.57. The molecule has 1 amide bonds. The van der Waals surface area contributed by atoms with Gasteiger partial charge in [-0.15, -0.1) is 0 Å². The molecule has 4 aromatic rings. The van der Waals surface area contributed by atoms with Gasteiger partial charge in [0.1, 0.15) is 23.4 Å². The van der Waals surface area contributed by atoms with E-state index in [0.29, 0.717) is 27.9 Å². The minimum absolute atomic E-state index is 0.111. The van der Waals surface area contributed by atoms with E-state index in [1.165, 1.54) is 30.3 Å². The highest BCUT2D eigenvalue weighted by atomic mass is 32.1. The SMILES string of the molecule is O=C(CCN1C(=S)N[C@@H](c2ccccn2)[C@@H]1c1ccc(-c2ccccc2C(=O)O)o1)Nc1ccc(F)cc1. The highest BCUT2D eigenvalue weighted by Gasteiger charge is 2.41. The van der Waals surface area contributed by atoms with Crippen molar-refractivity contribution in [2.45, 2.75) is 18.5 Å². The third kappa shape index (κ3) is 5.25. The number of pyridine rings is 1. The van der Waals surface area contributed by atoms with Crippen molar-refractivity contribution in [2.75, 3.05) is 11.9 Å². The van der Waals surface area contributed by atoms with Crippen molar-refractivity contribution >= 4 is 34.9 Å². The number of carbonyl (C=O) groups is 2. The zero-order chi connectivity index (χ0) is 26.6. The number of carboxylic acid groups (broad SMARTS) is 1. The Bertz CT molecular complexity index is 1480. The van der Waals surface area contributed by atoms with E-state index < -0.39 is 12.0 Å². The van der Waals surface area contributed by atoms with Gasteiger partial charge in [0, 0.05) is 30.4 Å². The first-order chi connectivity index (χ1) is 18.4. The fourth-order valence-corrected chi connectivity index (χ4v) is 4.81. The van der Waals surface area contributed by atoms with Crippen LogP contribution in [0.5, 0.6) is 0 Å². The van der Waals surface area contributed by atoms with E-state index in [4.69, 9.17) is 16.6 Å². The Morgan fingerprint density at radius 1 is 1.05 bits per heavy atom. The molecule has 1 fully saturated rings. The summed E-state index contributed by atoms with van der Waals surface area (Å²) < 4.78 is 19.4.